The Morgan fingerprint density at radius 1 is 0.186 bits per heavy atom. The van der Waals surface area contributed by atoms with Gasteiger partial charge in [0, 0.05) is 17.1 Å². The van der Waals surface area contributed by atoms with E-state index in [0.29, 0.717) is 0 Å². The lowest BCUT2D eigenvalue weighted by Gasteiger charge is -2.27. The van der Waals surface area contributed by atoms with Gasteiger partial charge in [0.25, 0.3) is 0 Å². The van der Waals surface area contributed by atoms with Crippen LogP contribution in [0.2, 0.25) is 0 Å². The maximum absolute atomic E-state index is 2.38. The molecule has 0 N–H and O–H groups in total. The van der Waals surface area contributed by atoms with Crippen LogP contribution in [0.25, 0.3) is 77.5 Å². The van der Waals surface area contributed by atoms with Crippen molar-refractivity contribution in [2.24, 2.45) is 0 Å². The van der Waals surface area contributed by atoms with Gasteiger partial charge in [0.15, 0.2) is 0 Å². The molecule has 0 saturated carbocycles. The zero-order chi connectivity index (χ0) is 39.4. The first-order valence-corrected chi connectivity index (χ1v) is 20.2. The molecule has 0 aliphatic rings. The molecule has 10 aromatic rings. The van der Waals surface area contributed by atoms with Crippen LogP contribution in [0.1, 0.15) is 0 Å². The molecule has 0 bridgehead atoms. The fraction of sp³-hybridized carbons (Fsp3) is 0. The first kappa shape index (κ1) is 35.7. The van der Waals surface area contributed by atoms with E-state index in [-0.39, 0.29) is 0 Å². The molecule has 59 heavy (non-hydrogen) atoms. The van der Waals surface area contributed by atoms with Gasteiger partial charge in [0.1, 0.15) is 0 Å². The summed E-state index contributed by atoms with van der Waals surface area (Å²) in [6, 6.07) is 89.9. The maximum atomic E-state index is 2.38. The Labute approximate surface area is 346 Å². The van der Waals surface area contributed by atoms with Crippen LogP contribution in [0.15, 0.2) is 249 Å². The summed E-state index contributed by atoms with van der Waals surface area (Å²) in [5.41, 5.74) is 17.6. The van der Waals surface area contributed by atoms with Crippen LogP contribution < -0.4 is 4.90 Å². The molecule has 0 radical (unpaired) electrons. The average molecular weight is 752 g/mol. The number of nitrogens with zero attached hydrogens (tertiary/aromatic N) is 1. The summed E-state index contributed by atoms with van der Waals surface area (Å²) in [5, 5.41) is 2.49. The third kappa shape index (κ3) is 7.34. The Balaban J connectivity index is 1.13. The molecule has 0 fully saturated rings. The van der Waals surface area contributed by atoms with Gasteiger partial charge in [-0.3, -0.25) is 0 Å². The second-order valence-corrected chi connectivity index (χ2v) is 14.9. The predicted octanol–water partition coefficient (Wildman–Crippen LogP) is 16.3. The van der Waals surface area contributed by atoms with Crippen LogP contribution in [0.5, 0.6) is 0 Å². The van der Waals surface area contributed by atoms with Gasteiger partial charge in [-0.2, -0.15) is 0 Å². The van der Waals surface area contributed by atoms with Crippen molar-refractivity contribution in [3.63, 3.8) is 0 Å². The number of anilines is 3. The van der Waals surface area contributed by atoms with Crippen LogP contribution in [0, 0.1) is 0 Å². The van der Waals surface area contributed by atoms with Gasteiger partial charge in [-0.15, -0.1) is 0 Å². The fourth-order valence-electron chi connectivity index (χ4n) is 8.26. The minimum absolute atomic E-state index is 1.08. The van der Waals surface area contributed by atoms with E-state index in [1.54, 1.807) is 0 Å². The summed E-state index contributed by atoms with van der Waals surface area (Å²) < 4.78 is 0. The van der Waals surface area contributed by atoms with Crippen LogP contribution in [-0.2, 0) is 0 Å². The lowest BCUT2D eigenvalue weighted by molar-refractivity contribution is 1.28. The standard InChI is InChI=1S/C58H41N/c1-4-14-42(15-5-1)45-24-27-49(28-25-45)58-41-54(38-39-57(58)56-23-13-12-22-55(56)48-19-8-3-9-20-48)59(52-34-30-46(31-35-52)43-16-6-2-7-17-43)53-36-32-47(33-37-53)51-29-26-44-18-10-11-21-50(44)40-51/h1-41H. The number of hydrogen-bond donors (Lipinski definition) is 0. The lowest BCUT2D eigenvalue weighted by atomic mass is 9.88. The highest BCUT2D eigenvalue weighted by molar-refractivity contribution is 5.95. The number of rotatable bonds is 9. The van der Waals surface area contributed by atoms with Gasteiger partial charge < -0.3 is 4.90 Å². The van der Waals surface area contributed by atoms with Gasteiger partial charge >= 0.3 is 0 Å². The molecule has 278 valence electrons. The number of hydrogen-bond acceptors (Lipinski definition) is 1. The summed E-state index contributed by atoms with van der Waals surface area (Å²) in [6.45, 7) is 0. The van der Waals surface area contributed by atoms with Crippen LogP contribution in [-0.4, -0.2) is 0 Å². The zero-order valence-electron chi connectivity index (χ0n) is 32.6. The smallest absolute Gasteiger partial charge is 0.0468 e. The highest BCUT2D eigenvalue weighted by Crippen LogP contribution is 2.44. The number of benzene rings is 10. The Morgan fingerprint density at radius 3 is 1.15 bits per heavy atom. The molecule has 0 aromatic heterocycles. The van der Waals surface area contributed by atoms with E-state index in [0.717, 1.165) is 22.6 Å². The van der Waals surface area contributed by atoms with Gasteiger partial charge in [-0.25, -0.2) is 0 Å². The van der Waals surface area contributed by atoms with Crippen molar-refractivity contribution in [3.8, 4) is 66.8 Å². The van der Waals surface area contributed by atoms with Crippen molar-refractivity contribution >= 4 is 27.8 Å². The molecular weight excluding hydrogens is 711 g/mol. The Morgan fingerprint density at radius 2 is 0.559 bits per heavy atom. The normalized spacial score (nSPS) is 11.1. The summed E-state index contributed by atoms with van der Waals surface area (Å²) in [5.74, 6) is 0. The average Bonchev–Trinajstić information content (AvgIpc) is 3.33. The van der Waals surface area contributed by atoms with Crippen molar-refractivity contribution < 1.29 is 0 Å². The van der Waals surface area contributed by atoms with E-state index in [1.165, 1.54) is 72.0 Å². The Bertz CT molecular complexity index is 2990. The molecular formula is C58H41N. The molecule has 0 saturated heterocycles. The van der Waals surface area contributed by atoms with E-state index in [9.17, 15) is 0 Å². The molecule has 1 heteroatoms. The lowest BCUT2D eigenvalue weighted by Crippen LogP contribution is -2.10. The molecule has 10 aromatic carbocycles. The van der Waals surface area contributed by atoms with E-state index >= 15 is 0 Å². The van der Waals surface area contributed by atoms with Gasteiger partial charge in [-0.05, 0) is 120 Å². The highest BCUT2D eigenvalue weighted by Gasteiger charge is 2.19. The molecule has 0 amide bonds. The minimum Gasteiger partial charge on any atom is -0.310 e. The molecule has 0 spiro atoms. The monoisotopic (exact) mass is 751 g/mol. The molecule has 0 heterocycles. The summed E-state index contributed by atoms with van der Waals surface area (Å²) in [4.78, 5) is 2.38. The quantitative estimate of drug-likeness (QED) is 0.142. The largest absolute Gasteiger partial charge is 0.310 e. The molecule has 1 nitrogen and oxygen atoms in total. The summed E-state index contributed by atoms with van der Waals surface area (Å²) >= 11 is 0. The predicted molar refractivity (Wildman–Crippen MR) is 251 cm³/mol. The Hall–Kier alpha value is -7.74. The van der Waals surface area contributed by atoms with Crippen LogP contribution in [0.4, 0.5) is 17.1 Å². The second kappa shape index (κ2) is 16.0. The van der Waals surface area contributed by atoms with E-state index in [1.807, 2.05) is 0 Å². The zero-order valence-corrected chi connectivity index (χ0v) is 32.6. The van der Waals surface area contributed by atoms with Gasteiger partial charge in [0.05, 0.1) is 0 Å². The van der Waals surface area contributed by atoms with E-state index < -0.39 is 0 Å². The van der Waals surface area contributed by atoms with Crippen molar-refractivity contribution in [1.82, 2.24) is 0 Å². The van der Waals surface area contributed by atoms with Crippen LogP contribution >= 0.6 is 0 Å². The Kier molecular flexibility index (Phi) is 9.68. The second-order valence-electron chi connectivity index (χ2n) is 14.9. The fourth-order valence-corrected chi connectivity index (χ4v) is 8.26. The molecule has 0 atom stereocenters. The molecule has 10 rings (SSSR count). The maximum Gasteiger partial charge on any atom is 0.0468 e. The first-order valence-electron chi connectivity index (χ1n) is 20.2. The highest BCUT2D eigenvalue weighted by atomic mass is 15.1. The van der Waals surface area contributed by atoms with Gasteiger partial charge in [0.2, 0.25) is 0 Å². The van der Waals surface area contributed by atoms with Crippen molar-refractivity contribution in [3.05, 3.63) is 249 Å². The van der Waals surface area contributed by atoms with Gasteiger partial charge in [-0.1, -0.05) is 206 Å². The van der Waals surface area contributed by atoms with E-state index in [2.05, 4.69) is 254 Å². The third-order valence-electron chi connectivity index (χ3n) is 11.3. The van der Waals surface area contributed by atoms with Crippen molar-refractivity contribution in [2.75, 3.05) is 4.90 Å². The topological polar surface area (TPSA) is 3.24 Å². The molecule has 0 aliphatic carbocycles. The first-order chi connectivity index (χ1) is 29.2. The number of fused-ring (bicyclic) bond motifs is 1. The minimum atomic E-state index is 1.08. The SMILES string of the molecule is c1ccc(-c2ccc(-c3cc(N(c4ccc(-c5ccccc5)cc4)c4ccc(-c5ccc6ccccc6c5)cc4)ccc3-c3ccccc3-c3ccccc3)cc2)cc1. The molecule has 0 aliphatic heterocycles. The van der Waals surface area contributed by atoms with Crippen LogP contribution in [0.3, 0.4) is 0 Å². The summed E-state index contributed by atoms with van der Waals surface area (Å²) in [6.07, 6.45) is 0. The van der Waals surface area contributed by atoms with Crippen molar-refractivity contribution in [1.29, 1.82) is 0 Å². The molecule has 0 unspecified atom stereocenters. The summed E-state index contributed by atoms with van der Waals surface area (Å²) in [7, 11) is 0. The third-order valence-corrected chi connectivity index (χ3v) is 11.3. The van der Waals surface area contributed by atoms with E-state index in [4.69, 9.17) is 0 Å². The van der Waals surface area contributed by atoms with Crippen molar-refractivity contribution in [2.45, 2.75) is 0 Å².